The molecule has 2 amide bonds. The smallest absolute Gasteiger partial charge is 0.252 e. The summed E-state index contributed by atoms with van der Waals surface area (Å²) in [5, 5.41) is 4.54. The summed E-state index contributed by atoms with van der Waals surface area (Å²) < 4.78 is 2.08. The van der Waals surface area contributed by atoms with E-state index < -0.39 is 5.91 Å². The van der Waals surface area contributed by atoms with Crippen LogP contribution in [0.4, 0.5) is 11.4 Å². The number of rotatable bonds is 7. The maximum Gasteiger partial charge on any atom is 0.252 e. The number of likely N-dealkylation sites (N-methyl/N-ethyl adjacent to an activating group) is 1. The molecule has 1 fully saturated rings. The first-order valence-electron chi connectivity index (χ1n) is 12.4. The van der Waals surface area contributed by atoms with Crippen molar-refractivity contribution < 1.29 is 9.59 Å². The van der Waals surface area contributed by atoms with Crippen LogP contribution >= 0.6 is 0 Å². The molecule has 1 saturated heterocycles. The normalized spacial score (nSPS) is 14.6. The van der Waals surface area contributed by atoms with Gasteiger partial charge in [0.1, 0.15) is 0 Å². The molecule has 190 valence electrons. The van der Waals surface area contributed by atoms with Crippen molar-refractivity contribution in [2.75, 3.05) is 36.9 Å². The molecule has 37 heavy (non-hydrogen) atoms. The molecule has 0 saturated carbocycles. The van der Waals surface area contributed by atoms with Crippen LogP contribution in [0, 0.1) is 0 Å². The van der Waals surface area contributed by atoms with E-state index in [1.165, 1.54) is 6.20 Å². The Balaban J connectivity index is 1.33. The number of amides is 2. The fourth-order valence-corrected chi connectivity index (χ4v) is 4.72. The summed E-state index contributed by atoms with van der Waals surface area (Å²) in [4.78, 5) is 37.6. The molecule has 1 aromatic carbocycles. The lowest BCUT2D eigenvalue weighted by Crippen LogP contribution is -2.32. The number of carbonyl (C=O) groups is 2. The largest absolute Gasteiger partial charge is 0.380 e. The highest BCUT2D eigenvalue weighted by molar-refractivity contribution is 5.98. The number of nitrogens with two attached hydrogens (primary N) is 1. The zero-order chi connectivity index (χ0) is 25.9. The average molecular weight is 498 g/mol. The first-order chi connectivity index (χ1) is 17.9. The SMILES string of the molecule is CN1CCC(=O)N(c2ccc(Cc3cc(NCc4cccc5c4ccn5C)c(C(N)=O)cn3)nc2)CC1. The van der Waals surface area contributed by atoms with Gasteiger partial charge in [-0.3, -0.25) is 19.6 Å². The lowest BCUT2D eigenvalue weighted by atomic mass is 10.1. The zero-order valence-electron chi connectivity index (χ0n) is 21.1. The van der Waals surface area contributed by atoms with Gasteiger partial charge in [-0.1, -0.05) is 12.1 Å². The Morgan fingerprint density at radius 1 is 1.03 bits per heavy atom. The van der Waals surface area contributed by atoms with Crippen LogP contribution in [0.1, 0.15) is 33.7 Å². The quantitative estimate of drug-likeness (QED) is 0.406. The van der Waals surface area contributed by atoms with Gasteiger partial charge in [0, 0.05) is 80.8 Å². The molecule has 4 heterocycles. The minimum absolute atomic E-state index is 0.115. The van der Waals surface area contributed by atoms with Gasteiger partial charge in [-0.2, -0.15) is 0 Å². The Kier molecular flexibility index (Phi) is 6.87. The summed E-state index contributed by atoms with van der Waals surface area (Å²) in [6.07, 6.45) is 6.29. The summed E-state index contributed by atoms with van der Waals surface area (Å²) in [7, 11) is 4.05. The molecule has 0 aliphatic carbocycles. The van der Waals surface area contributed by atoms with E-state index in [9.17, 15) is 9.59 Å². The summed E-state index contributed by atoms with van der Waals surface area (Å²) in [5.74, 6) is -0.417. The van der Waals surface area contributed by atoms with E-state index in [0.717, 1.165) is 46.6 Å². The molecule has 1 aliphatic heterocycles. The molecule has 9 nitrogen and oxygen atoms in total. The van der Waals surface area contributed by atoms with E-state index in [1.54, 1.807) is 11.1 Å². The summed E-state index contributed by atoms with van der Waals surface area (Å²) in [5.41, 5.74) is 11.3. The van der Waals surface area contributed by atoms with Crippen molar-refractivity contribution in [2.24, 2.45) is 12.8 Å². The van der Waals surface area contributed by atoms with Crippen LogP contribution in [0.3, 0.4) is 0 Å². The fraction of sp³-hybridized carbons (Fsp3) is 0.286. The van der Waals surface area contributed by atoms with E-state index in [2.05, 4.69) is 43.0 Å². The van der Waals surface area contributed by atoms with Crippen molar-refractivity contribution in [3.05, 3.63) is 83.6 Å². The van der Waals surface area contributed by atoms with Gasteiger partial charge in [-0.25, -0.2) is 0 Å². The minimum Gasteiger partial charge on any atom is -0.380 e. The van der Waals surface area contributed by atoms with Gasteiger partial charge in [-0.15, -0.1) is 0 Å². The van der Waals surface area contributed by atoms with Gasteiger partial charge < -0.3 is 25.4 Å². The van der Waals surface area contributed by atoms with Crippen LogP contribution in [0.2, 0.25) is 0 Å². The molecule has 0 bridgehead atoms. The summed E-state index contributed by atoms with van der Waals surface area (Å²) in [6.45, 7) is 2.79. The molecule has 3 N–H and O–H groups in total. The number of nitrogens with one attached hydrogen (secondary N) is 1. The first kappa shape index (κ1) is 24.5. The first-order valence-corrected chi connectivity index (χ1v) is 12.4. The van der Waals surface area contributed by atoms with Crippen molar-refractivity contribution in [3.63, 3.8) is 0 Å². The van der Waals surface area contributed by atoms with E-state index in [1.807, 2.05) is 44.6 Å². The van der Waals surface area contributed by atoms with Crippen LogP contribution in [0.15, 0.2) is 61.1 Å². The molecule has 5 rings (SSSR count). The molecule has 0 unspecified atom stereocenters. The molecular weight excluding hydrogens is 466 g/mol. The number of carbonyl (C=O) groups excluding carboxylic acids is 2. The number of hydrogen-bond acceptors (Lipinski definition) is 6. The van der Waals surface area contributed by atoms with E-state index in [4.69, 9.17) is 5.73 Å². The third-order valence-electron chi connectivity index (χ3n) is 6.91. The van der Waals surface area contributed by atoms with Gasteiger partial charge in [-0.05, 0) is 42.9 Å². The van der Waals surface area contributed by atoms with Gasteiger partial charge in [0.05, 0.1) is 23.1 Å². The predicted molar refractivity (Wildman–Crippen MR) is 145 cm³/mol. The van der Waals surface area contributed by atoms with E-state index >= 15 is 0 Å². The Morgan fingerprint density at radius 2 is 1.86 bits per heavy atom. The third kappa shape index (κ3) is 5.31. The molecule has 0 atom stereocenters. The van der Waals surface area contributed by atoms with Crippen LogP contribution < -0.4 is 16.0 Å². The van der Waals surface area contributed by atoms with Crippen molar-refractivity contribution in [1.29, 1.82) is 0 Å². The number of hydrogen-bond donors (Lipinski definition) is 2. The number of aryl methyl sites for hydroxylation is 1. The second kappa shape index (κ2) is 10.4. The number of benzene rings is 1. The highest BCUT2D eigenvalue weighted by Gasteiger charge is 2.20. The Hall–Kier alpha value is -4.24. The highest BCUT2D eigenvalue weighted by atomic mass is 16.2. The standard InChI is InChI=1S/C28H31N7O2/c1-33-10-9-27(36)35(13-12-33)22-7-6-20(30-17-22)14-21-15-25(24(18-31-21)28(29)37)32-16-19-4-3-5-26-23(19)8-11-34(26)2/h3-8,11,15,17-18H,9-10,12-14,16H2,1-2H3,(H2,29,37)(H,31,32). The van der Waals surface area contributed by atoms with Crippen molar-refractivity contribution in [1.82, 2.24) is 19.4 Å². The van der Waals surface area contributed by atoms with Crippen molar-refractivity contribution >= 4 is 34.1 Å². The van der Waals surface area contributed by atoms with Crippen LogP contribution in [-0.2, 0) is 24.8 Å². The molecule has 3 aromatic heterocycles. The second-order valence-corrected chi connectivity index (χ2v) is 9.50. The lowest BCUT2D eigenvalue weighted by Gasteiger charge is -2.20. The topological polar surface area (TPSA) is 109 Å². The Bertz CT molecular complexity index is 1440. The fourth-order valence-electron chi connectivity index (χ4n) is 4.72. The number of nitrogens with zero attached hydrogens (tertiary/aromatic N) is 5. The molecular formula is C28H31N7O2. The van der Waals surface area contributed by atoms with Crippen molar-refractivity contribution in [2.45, 2.75) is 19.4 Å². The van der Waals surface area contributed by atoms with E-state index in [0.29, 0.717) is 37.2 Å². The number of pyridine rings is 2. The number of primary amides is 1. The van der Waals surface area contributed by atoms with Gasteiger partial charge in [0.2, 0.25) is 5.91 Å². The number of aromatic nitrogens is 3. The molecule has 0 spiro atoms. The Morgan fingerprint density at radius 3 is 2.65 bits per heavy atom. The highest BCUT2D eigenvalue weighted by Crippen LogP contribution is 2.23. The average Bonchev–Trinajstić information content (AvgIpc) is 3.19. The van der Waals surface area contributed by atoms with Gasteiger partial charge >= 0.3 is 0 Å². The predicted octanol–water partition coefficient (Wildman–Crippen LogP) is 2.94. The number of anilines is 2. The van der Waals surface area contributed by atoms with E-state index in [-0.39, 0.29) is 5.91 Å². The molecule has 1 aliphatic rings. The van der Waals surface area contributed by atoms with Crippen LogP contribution in [0.25, 0.3) is 10.9 Å². The maximum atomic E-state index is 12.5. The Labute approximate surface area is 215 Å². The monoisotopic (exact) mass is 497 g/mol. The maximum absolute atomic E-state index is 12.5. The van der Waals surface area contributed by atoms with Gasteiger partial charge in [0.15, 0.2) is 0 Å². The zero-order valence-corrected chi connectivity index (χ0v) is 21.1. The summed E-state index contributed by atoms with van der Waals surface area (Å²) in [6, 6.07) is 14.0. The molecule has 0 radical (unpaired) electrons. The lowest BCUT2D eigenvalue weighted by molar-refractivity contribution is -0.118. The third-order valence-corrected chi connectivity index (χ3v) is 6.91. The van der Waals surface area contributed by atoms with Crippen molar-refractivity contribution in [3.8, 4) is 0 Å². The minimum atomic E-state index is -0.533. The molecule has 9 heteroatoms. The van der Waals surface area contributed by atoms with Crippen LogP contribution in [-0.4, -0.2) is 57.9 Å². The number of fused-ring (bicyclic) bond motifs is 1. The second-order valence-electron chi connectivity index (χ2n) is 9.50. The summed E-state index contributed by atoms with van der Waals surface area (Å²) >= 11 is 0. The molecule has 4 aromatic rings. The van der Waals surface area contributed by atoms with Crippen LogP contribution in [0.5, 0.6) is 0 Å². The van der Waals surface area contributed by atoms with Gasteiger partial charge in [0.25, 0.3) is 5.91 Å².